The van der Waals surface area contributed by atoms with Gasteiger partial charge < -0.3 is 9.47 Å². The summed E-state index contributed by atoms with van der Waals surface area (Å²) in [5.74, 6) is -0.265. The maximum atomic E-state index is 11.1. The maximum Gasteiger partial charge on any atom is 0.319 e. The summed E-state index contributed by atoms with van der Waals surface area (Å²) in [4.78, 5) is 21.2. The Hall–Kier alpha value is -1.75. The van der Waals surface area contributed by atoms with E-state index < -0.39 is 12.0 Å². The second kappa shape index (κ2) is 5.21. The fourth-order valence-electron chi connectivity index (χ4n) is 1.23. The number of hydrogen-bond acceptors (Lipinski definition) is 4. The number of amides is 1. The van der Waals surface area contributed by atoms with Crippen LogP contribution in [0.5, 0.6) is 5.75 Å². The number of methoxy groups -OCH3 is 2. The Morgan fingerprint density at radius 2 is 2.13 bits per heavy atom. The van der Waals surface area contributed by atoms with Gasteiger partial charge in [0, 0.05) is 12.3 Å². The van der Waals surface area contributed by atoms with Crippen molar-refractivity contribution in [1.29, 1.82) is 0 Å². The van der Waals surface area contributed by atoms with Crippen LogP contribution in [0.25, 0.3) is 0 Å². The number of carbonyl (C=O) groups excluding carboxylic acids is 1. The molecular formula is C10H11NO4. The summed E-state index contributed by atoms with van der Waals surface area (Å²) in [7, 11) is 2.86. The predicted octanol–water partition coefficient (Wildman–Crippen LogP) is 1.68. The lowest BCUT2D eigenvalue weighted by Gasteiger charge is -2.11. The summed E-state index contributed by atoms with van der Waals surface area (Å²) in [6.07, 6.45) is -0.961. The molecule has 0 radical (unpaired) electrons. The van der Waals surface area contributed by atoms with Gasteiger partial charge in [-0.2, -0.15) is 0 Å². The molecule has 5 heteroatoms. The van der Waals surface area contributed by atoms with Crippen molar-refractivity contribution in [3.63, 3.8) is 0 Å². The molecule has 0 aliphatic rings. The van der Waals surface area contributed by atoms with E-state index in [-0.39, 0.29) is 0 Å². The van der Waals surface area contributed by atoms with E-state index in [1.165, 1.54) is 14.2 Å². The molecule has 1 atom stereocenters. The van der Waals surface area contributed by atoms with Crippen LogP contribution >= 0.6 is 0 Å². The number of rotatable bonds is 4. The van der Waals surface area contributed by atoms with E-state index in [2.05, 4.69) is 5.18 Å². The zero-order chi connectivity index (χ0) is 11.3. The molecule has 0 saturated carbocycles. The Kier molecular flexibility index (Phi) is 3.93. The number of ether oxygens (including phenoxy) is 2. The lowest BCUT2D eigenvalue weighted by atomic mass is 10.1. The Bertz CT molecular complexity index is 364. The van der Waals surface area contributed by atoms with Crippen molar-refractivity contribution in [2.75, 3.05) is 14.2 Å². The van der Waals surface area contributed by atoms with E-state index in [0.717, 1.165) is 0 Å². The van der Waals surface area contributed by atoms with Crippen molar-refractivity contribution in [2.24, 2.45) is 5.18 Å². The molecule has 0 aromatic heterocycles. The normalized spacial score (nSPS) is 11.9. The molecule has 0 aliphatic carbocycles. The molecule has 0 bridgehead atoms. The Balaban J connectivity index is 3.01. The van der Waals surface area contributed by atoms with Crippen molar-refractivity contribution < 1.29 is 14.3 Å². The molecule has 15 heavy (non-hydrogen) atoms. The van der Waals surface area contributed by atoms with Crippen LogP contribution in [0, 0.1) is 4.91 Å². The summed E-state index contributed by atoms with van der Waals surface area (Å²) < 4.78 is 9.88. The van der Waals surface area contributed by atoms with Gasteiger partial charge in [0.1, 0.15) is 5.75 Å². The summed E-state index contributed by atoms with van der Waals surface area (Å²) in [6.45, 7) is 0. The maximum absolute atomic E-state index is 11.1. The third-order valence-corrected chi connectivity index (χ3v) is 1.95. The van der Waals surface area contributed by atoms with E-state index in [0.29, 0.717) is 11.3 Å². The van der Waals surface area contributed by atoms with Crippen molar-refractivity contribution in [1.82, 2.24) is 0 Å². The van der Waals surface area contributed by atoms with Gasteiger partial charge in [-0.05, 0) is 17.7 Å². The molecule has 0 saturated heterocycles. The fraction of sp³-hybridized carbons (Fsp3) is 0.300. The molecule has 0 fully saturated rings. The van der Waals surface area contributed by atoms with Crippen LogP contribution in [-0.2, 0) is 9.53 Å². The molecule has 0 spiro atoms. The van der Waals surface area contributed by atoms with Crippen LogP contribution in [0.4, 0.5) is 0 Å². The summed E-state index contributed by atoms with van der Waals surface area (Å²) in [6, 6.07) is 6.73. The topological polar surface area (TPSA) is 65.0 Å². The molecule has 1 amide bonds. The van der Waals surface area contributed by atoms with Crippen LogP contribution in [0.2, 0.25) is 0 Å². The van der Waals surface area contributed by atoms with Crippen molar-refractivity contribution in [2.45, 2.75) is 6.10 Å². The first-order valence-electron chi connectivity index (χ1n) is 4.27. The standard InChI is InChI=1S/C10H11NO4/c1-14-8-5-3-4-7(6-8)9(15-2)10(12)11-13/h3-6,9H,1-2H3. The van der Waals surface area contributed by atoms with Crippen LogP contribution in [0.15, 0.2) is 29.4 Å². The smallest absolute Gasteiger partial charge is 0.319 e. The Morgan fingerprint density at radius 3 is 2.67 bits per heavy atom. The van der Waals surface area contributed by atoms with Crippen LogP contribution < -0.4 is 4.74 Å². The highest BCUT2D eigenvalue weighted by Gasteiger charge is 2.20. The molecular weight excluding hydrogens is 198 g/mol. The lowest BCUT2D eigenvalue weighted by molar-refractivity contribution is -0.127. The molecule has 0 N–H and O–H groups in total. The van der Waals surface area contributed by atoms with E-state index in [9.17, 15) is 9.70 Å². The highest BCUT2D eigenvalue weighted by Crippen LogP contribution is 2.22. The van der Waals surface area contributed by atoms with Gasteiger partial charge in [0.05, 0.1) is 7.11 Å². The quantitative estimate of drug-likeness (QED) is 0.707. The first kappa shape index (κ1) is 11.3. The minimum absolute atomic E-state index is 0.543. The minimum Gasteiger partial charge on any atom is -0.497 e. The third kappa shape index (κ3) is 2.60. The van der Waals surface area contributed by atoms with Gasteiger partial charge in [-0.1, -0.05) is 12.1 Å². The number of hydrogen-bond donors (Lipinski definition) is 0. The van der Waals surface area contributed by atoms with E-state index in [4.69, 9.17) is 9.47 Å². The van der Waals surface area contributed by atoms with Crippen LogP contribution in [0.3, 0.4) is 0 Å². The summed E-state index contributed by atoms with van der Waals surface area (Å²) >= 11 is 0. The van der Waals surface area contributed by atoms with Crippen LogP contribution in [0.1, 0.15) is 11.7 Å². The first-order chi connectivity index (χ1) is 7.22. The highest BCUT2D eigenvalue weighted by molar-refractivity contribution is 5.82. The molecule has 1 aromatic rings. The van der Waals surface area contributed by atoms with Crippen LogP contribution in [-0.4, -0.2) is 20.1 Å². The molecule has 0 heterocycles. The second-order valence-corrected chi connectivity index (χ2v) is 2.82. The van der Waals surface area contributed by atoms with Gasteiger partial charge in [-0.3, -0.25) is 4.79 Å². The molecule has 1 rings (SSSR count). The van der Waals surface area contributed by atoms with Gasteiger partial charge in [0.2, 0.25) is 0 Å². The average molecular weight is 209 g/mol. The Labute approximate surface area is 87.0 Å². The zero-order valence-electron chi connectivity index (χ0n) is 8.47. The fourth-order valence-corrected chi connectivity index (χ4v) is 1.23. The number of nitrogens with zero attached hydrogens (tertiary/aromatic N) is 1. The van der Waals surface area contributed by atoms with Gasteiger partial charge in [0.25, 0.3) is 0 Å². The van der Waals surface area contributed by atoms with Gasteiger partial charge in [-0.15, -0.1) is 4.91 Å². The number of benzene rings is 1. The summed E-state index contributed by atoms with van der Waals surface area (Å²) in [5.41, 5.74) is 0.543. The number of nitroso groups, excluding NO2 is 1. The van der Waals surface area contributed by atoms with Crippen molar-refractivity contribution in [3.8, 4) is 5.75 Å². The summed E-state index contributed by atoms with van der Waals surface area (Å²) in [5, 5.41) is 2.34. The van der Waals surface area contributed by atoms with Gasteiger partial charge in [0.15, 0.2) is 6.10 Å². The van der Waals surface area contributed by atoms with E-state index in [1.54, 1.807) is 24.3 Å². The largest absolute Gasteiger partial charge is 0.497 e. The predicted molar refractivity (Wildman–Crippen MR) is 53.5 cm³/mol. The lowest BCUT2D eigenvalue weighted by Crippen LogP contribution is -2.11. The molecule has 1 unspecified atom stereocenters. The first-order valence-corrected chi connectivity index (χ1v) is 4.27. The molecule has 1 aromatic carbocycles. The second-order valence-electron chi connectivity index (χ2n) is 2.82. The minimum atomic E-state index is -0.961. The van der Waals surface area contributed by atoms with E-state index >= 15 is 0 Å². The monoisotopic (exact) mass is 209 g/mol. The molecule has 0 aliphatic heterocycles. The highest BCUT2D eigenvalue weighted by atomic mass is 16.5. The van der Waals surface area contributed by atoms with Crippen molar-refractivity contribution in [3.05, 3.63) is 34.7 Å². The van der Waals surface area contributed by atoms with Gasteiger partial charge in [-0.25, -0.2) is 0 Å². The van der Waals surface area contributed by atoms with Crippen molar-refractivity contribution >= 4 is 5.91 Å². The zero-order valence-corrected chi connectivity index (χ0v) is 8.47. The molecule has 5 nitrogen and oxygen atoms in total. The van der Waals surface area contributed by atoms with Gasteiger partial charge >= 0.3 is 5.91 Å². The number of carbonyl (C=O) groups is 1. The Morgan fingerprint density at radius 1 is 1.40 bits per heavy atom. The van der Waals surface area contributed by atoms with E-state index in [1.807, 2.05) is 0 Å². The third-order valence-electron chi connectivity index (χ3n) is 1.95. The SMILES string of the molecule is COc1cccc(C(OC)C(=O)N=O)c1. The average Bonchev–Trinajstić information content (AvgIpc) is 2.30. The molecule has 80 valence electrons.